The lowest BCUT2D eigenvalue weighted by Gasteiger charge is -2.19. The SMILES string of the molecule is COC(=O)CCC(Oc1ccccc1COc1ccc(OCc2ccc3ccccc3n2)cc1)C(=O)OC. The average Bonchev–Trinajstić information content (AvgIpc) is 2.97. The highest BCUT2D eigenvalue weighted by molar-refractivity contribution is 5.78. The van der Waals surface area contributed by atoms with Gasteiger partial charge in [0.1, 0.15) is 30.5 Å². The van der Waals surface area contributed by atoms with Crippen molar-refractivity contribution in [3.63, 3.8) is 0 Å². The Labute approximate surface area is 221 Å². The first-order valence-electron chi connectivity index (χ1n) is 12.1. The second-order valence-electron chi connectivity index (χ2n) is 8.40. The maximum absolute atomic E-state index is 12.2. The lowest BCUT2D eigenvalue weighted by atomic mass is 10.1. The van der Waals surface area contributed by atoms with Crippen LogP contribution in [0.15, 0.2) is 84.9 Å². The molecule has 196 valence electrons. The Morgan fingerprint density at radius 3 is 2.18 bits per heavy atom. The molecule has 0 aliphatic heterocycles. The molecule has 4 aromatic rings. The molecule has 1 aromatic heterocycles. The number of para-hydroxylation sites is 2. The van der Waals surface area contributed by atoms with Gasteiger partial charge in [-0.25, -0.2) is 9.78 Å². The van der Waals surface area contributed by atoms with Crippen molar-refractivity contribution in [2.24, 2.45) is 0 Å². The van der Waals surface area contributed by atoms with Gasteiger partial charge in [0.05, 0.1) is 25.4 Å². The summed E-state index contributed by atoms with van der Waals surface area (Å²) in [4.78, 5) is 28.4. The first-order chi connectivity index (χ1) is 18.6. The van der Waals surface area contributed by atoms with Crippen molar-refractivity contribution in [1.29, 1.82) is 0 Å². The van der Waals surface area contributed by atoms with E-state index in [1.54, 1.807) is 12.1 Å². The van der Waals surface area contributed by atoms with Crippen LogP contribution < -0.4 is 14.2 Å². The Bertz CT molecular complexity index is 1370. The number of benzene rings is 3. The molecule has 0 N–H and O–H groups in total. The molecule has 0 bridgehead atoms. The Kier molecular flexibility index (Phi) is 9.12. The fourth-order valence-electron chi connectivity index (χ4n) is 3.74. The molecule has 8 nitrogen and oxygen atoms in total. The minimum absolute atomic E-state index is 0.0281. The van der Waals surface area contributed by atoms with Gasteiger partial charge in [0, 0.05) is 23.8 Å². The first-order valence-corrected chi connectivity index (χ1v) is 12.1. The second-order valence-corrected chi connectivity index (χ2v) is 8.40. The average molecular weight is 516 g/mol. The zero-order chi connectivity index (χ0) is 26.7. The smallest absolute Gasteiger partial charge is 0.347 e. The zero-order valence-electron chi connectivity index (χ0n) is 21.3. The van der Waals surface area contributed by atoms with Crippen molar-refractivity contribution in [2.75, 3.05) is 14.2 Å². The predicted octanol–water partition coefficient (Wildman–Crippen LogP) is 5.27. The lowest BCUT2D eigenvalue weighted by molar-refractivity contribution is -0.150. The molecule has 0 fully saturated rings. The lowest BCUT2D eigenvalue weighted by Crippen LogP contribution is -2.30. The van der Waals surface area contributed by atoms with Crippen molar-refractivity contribution in [1.82, 2.24) is 4.98 Å². The van der Waals surface area contributed by atoms with Crippen LogP contribution in [0.3, 0.4) is 0 Å². The molecule has 1 heterocycles. The number of carbonyl (C=O) groups is 2. The second kappa shape index (κ2) is 13.1. The van der Waals surface area contributed by atoms with Gasteiger partial charge in [-0.2, -0.15) is 0 Å². The van der Waals surface area contributed by atoms with E-state index in [1.807, 2.05) is 72.8 Å². The van der Waals surface area contributed by atoms with Gasteiger partial charge in [0.2, 0.25) is 0 Å². The molecule has 0 amide bonds. The van der Waals surface area contributed by atoms with E-state index in [9.17, 15) is 9.59 Å². The summed E-state index contributed by atoms with van der Waals surface area (Å²) in [6.45, 7) is 0.565. The molecule has 0 spiro atoms. The highest BCUT2D eigenvalue weighted by Gasteiger charge is 2.23. The molecule has 1 atom stereocenters. The van der Waals surface area contributed by atoms with Gasteiger partial charge in [-0.1, -0.05) is 42.5 Å². The fourth-order valence-corrected chi connectivity index (χ4v) is 3.74. The number of nitrogens with zero attached hydrogens (tertiary/aromatic N) is 1. The summed E-state index contributed by atoms with van der Waals surface area (Å²) < 4.78 is 27.2. The summed E-state index contributed by atoms with van der Waals surface area (Å²) >= 11 is 0. The van der Waals surface area contributed by atoms with Crippen LogP contribution in [0.2, 0.25) is 0 Å². The van der Waals surface area contributed by atoms with Crippen molar-refractivity contribution < 1.29 is 33.3 Å². The van der Waals surface area contributed by atoms with Gasteiger partial charge in [-0.15, -0.1) is 0 Å². The van der Waals surface area contributed by atoms with E-state index in [0.717, 1.165) is 22.2 Å². The third kappa shape index (κ3) is 7.22. The number of ether oxygens (including phenoxy) is 5. The van der Waals surface area contributed by atoms with Crippen molar-refractivity contribution >= 4 is 22.8 Å². The van der Waals surface area contributed by atoms with E-state index in [-0.39, 0.29) is 19.4 Å². The van der Waals surface area contributed by atoms with Crippen LogP contribution in [-0.4, -0.2) is 37.2 Å². The molecule has 0 saturated heterocycles. The van der Waals surface area contributed by atoms with Crippen molar-refractivity contribution in [3.05, 3.63) is 96.2 Å². The number of aromatic nitrogens is 1. The summed E-state index contributed by atoms with van der Waals surface area (Å²) in [5.74, 6) is 0.809. The van der Waals surface area contributed by atoms with Crippen molar-refractivity contribution in [3.8, 4) is 17.2 Å². The maximum atomic E-state index is 12.2. The molecule has 1 unspecified atom stereocenters. The Balaban J connectivity index is 1.34. The van der Waals surface area contributed by atoms with Crippen LogP contribution >= 0.6 is 0 Å². The summed E-state index contributed by atoms with van der Waals surface area (Å²) in [7, 11) is 2.57. The molecule has 8 heteroatoms. The summed E-state index contributed by atoms with van der Waals surface area (Å²) in [5, 5.41) is 1.09. The van der Waals surface area contributed by atoms with E-state index in [0.29, 0.717) is 23.9 Å². The van der Waals surface area contributed by atoms with Crippen LogP contribution in [0.1, 0.15) is 24.1 Å². The van der Waals surface area contributed by atoms with Crippen LogP contribution in [0, 0.1) is 0 Å². The quantitative estimate of drug-likeness (QED) is 0.236. The minimum atomic E-state index is -0.950. The molecular weight excluding hydrogens is 486 g/mol. The summed E-state index contributed by atoms with van der Waals surface area (Å²) in [6, 6.07) is 26.5. The Morgan fingerprint density at radius 1 is 0.763 bits per heavy atom. The van der Waals surface area contributed by atoms with Crippen molar-refractivity contribution in [2.45, 2.75) is 32.2 Å². The van der Waals surface area contributed by atoms with Crippen LogP contribution in [-0.2, 0) is 32.3 Å². The highest BCUT2D eigenvalue weighted by Crippen LogP contribution is 2.25. The molecule has 0 saturated carbocycles. The molecule has 3 aromatic carbocycles. The third-order valence-corrected chi connectivity index (χ3v) is 5.81. The van der Waals surface area contributed by atoms with Gasteiger partial charge in [-0.05, 0) is 42.5 Å². The van der Waals surface area contributed by atoms with E-state index >= 15 is 0 Å². The fraction of sp³-hybridized carbons (Fsp3) is 0.233. The van der Waals surface area contributed by atoms with Gasteiger partial charge >= 0.3 is 11.9 Å². The molecular formula is C30H29NO7. The van der Waals surface area contributed by atoms with Gasteiger partial charge in [0.15, 0.2) is 6.10 Å². The van der Waals surface area contributed by atoms with Gasteiger partial charge < -0.3 is 23.7 Å². The van der Waals surface area contributed by atoms with E-state index < -0.39 is 18.0 Å². The van der Waals surface area contributed by atoms with Crippen LogP contribution in [0.4, 0.5) is 0 Å². The summed E-state index contributed by atoms with van der Waals surface area (Å²) in [6.07, 6.45) is -0.792. The standard InChI is InChI=1S/C30H29NO7/c1-34-29(32)18-17-28(30(33)35-2)38-27-10-6-4-8-22(27)19-36-24-13-15-25(16-14-24)37-20-23-12-11-21-7-3-5-9-26(21)31-23/h3-16,28H,17-20H2,1-2H3. The highest BCUT2D eigenvalue weighted by atomic mass is 16.6. The van der Waals surface area contributed by atoms with Crippen LogP contribution in [0.25, 0.3) is 10.9 Å². The van der Waals surface area contributed by atoms with E-state index in [1.165, 1.54) is 14.2 Å². The minimum Gasteiger partial charge on any atom is -0.489 e. The molecule has 4 rings (SSSR count). The maximum Gasteiger partial charge on any atom is 0.347 e. The number of methoxy groups -OCH3 is 2. The largest absolute Gasteiger partial charge is 0.489 e. The Morgan fingerprint density at radius 2 is 1.45 bits per heavy atom. The summed E-state index contributed by atoms with van der Waals surface area (Å²) in [5.41, 5.74) is 2.52. The van der Waals surface area contributed by atoms with E-state index in [4.69, 9.17) is 18.9 Å². The number of hydrogen-bond acceptors (Lipinski definition) is 8. The van der Waals surface area contributed by atoms with E-state index in [2.05, 4.69) is 9.72 Å². The number of esters is 2. The molecule has 0 radical (unpaired) electrons. The number of hydrogen-bond donors (Lipinski definition) is 0. The number of carbonyl (C=O) groups excluding carboxylic acids is 2. The number of fused-ring (bicyclic) bond motifs is 1. The van der Waals surface area contributed by atoms with Gasteiger partial charge in [-0.3, -0.25) is 4.79 Å². The molecule has 0 aliphatic rings. The number of rotatable bonds is 12. The van der Waals surface area contributed by atoms with Gasteiger partial charge in [0.25, 0.3) is 0 Å². The monoisotopic (exact) mass is 515 g/mol. The normalized spacial score (nSPS) is 11.4. The Hall–Kier alpha value is -4.59. The number of pyridine rings is 1. The zero-order valence-corrected chi connectivity index (χ0v) is 21.3. The first kappa shape index (κ1) is 26.5. The molecule has 38 heavy (non-hydrogen) atoms. The third-order valence-electron chi connectivity index (χ3n) is 5.81. The topological polar surface area (TPSA) is 93.2 Å². The van der Waals surface area contributed by atoms with Crippen LogP contribution in [0.5, 0.6) is 17.2 Å². The predicted molar refractivity (Wildman–Crippen MR) is 141 cm³/mol. The molecule has 0 aliphatic carbocycles.